The first kappa shape index (κ1) is 17.7. The van der Waals surface area contributed by atoms with Crippen molar-refractivity contribution in [1.29, 1.82) is 0 Å². The molecule has 1 aliphatic rings. The van der Waals surface area contributed by atoms with Gasteiger partial charge in [0.2, 0.25) is 5.91 Å². The van der Waals surface area contributed by atoms with Crippen LogP contribution in [0, 0.1) is 11.8 Å². The van der Waals surface area contributed by atoms with E-state index in [0.717, 1.165) is 32.7 Å². The number of halogens is 1. The van der Waals surface area contributed by atoms with Crippen LogP contribution in [0.3, 0.4) is 0 Å². The Balaban J connectivity index is 0.00000289. The van der Waals surface area contributed by atoms with Crippen molar-refractivity contribution < 1.29 is 9.53 Å². The molecule has 0 spiro atoms. The molecule has 2 unspecified atom stereocenters. The molecular weight excluding hydrogens is 252 g/mol. The van der Waals surface area contributed by atoms with Crippen molar-refractivity contribution in [3.05, 3.63) is 0 Å². The number of hydrogen-bond acceptors (Lipinski definition) is 3. The molecule has 0 aromatic carbocycles. The topological polar surface area (TPSA) is 41.6 Å². The molecule has 1 aliphatic heterocycles. The van der Waals surface area contributed by atoms with Gasteiger partial charge < -0.3 is 15.0 Å². The van der Waals surface area contributed by atoms with E-state index in [1.807, 2.05) is 18.9 Å². The highest BCUT2D eigenvalue weighted by atomic mass is 35.5. The Morgan fingerprint density at radius 2 is 2.11 bits per heavy atom. The van der Waals surface area contributed by atoms with E-state index in [4.69, 9.17) is 4.74 Å². The molecule has 18 heavy (non-hydrogen) atoms. The van der Waals surface area contributed by atoms with Crippen molar-refractivity contribution in [2.75, 3.05) is 33.3 Å². The quantitative estimate of drug-likeness (QED) is 0.801. The van der Waals surface area contributed by atoms with Crippen molar-refractivity contribution >= 4 is 18.3 Å². The number of carbonyl (C=O) groups excluding carboxylic acids is 1. The summed E-state index contributed by atoms with van der Waals surface area (Å²) in [6.07, 6.45) is 1.22. The van der Waals surface area contributed by atoms with E-state index in [2.05, 4.69) is 19.2 Å². The molecule has 0 radical (unpaired) electrons. The minimum Gasteiger partial charge on any atom is -0.376 e. The maximum Gasteiger partial charge on any atom is 0.226 e. The van der Waals surface area contributed by atoms with Gasteiger partial charge in [0, 0.05) is 32.2 Å². The molecule has 2 atom stereocenters. The second-order valence-electron chi connectivity index (χ2n) is 5.38. The molecule has 0 aromatic heterocycles. The summed E-state index contributed by atoms with van der Waals surface area (Å²) in [7, 11) is 1.88. The van der Waals surface area contributed by atoms with Crippen molar-refractivity contribution in [2.45, 2.75) is 33.3 Å². The van der Waals surface area contributed by atoms with Gasteiger partial charge in [-0.25, -0.2) is 0 Å². The lowest BCUT2D eigenvalue weighted by Crippen LogP contribution is -2.37. The Bertz CT molecular complexity index is 249. The zero-order chi connectivity index (χ0) is 12.8. The highest BCUT2D eigenvalue weighted by Crippen LogP contribution is 2.16. The molecule has 108 valence electrons. The van der Waals surface area contributed by atoms with Crippen LogP contribution in [0.2, 0.25) is 0 Å². The highest BCUT2D eigenvalue weighted by Gasteiger charge is 2.29. The van der Waals surface area contributed by atoms with E-state index in [1.54, 1.807) is 0 Å². The molecule has 0 aliphatic carbocycles. The van der Waals surface area contributed by atoms with Gasteiger partial charge in [-0.1, -0.05) is 20.8 Å². The zero-order valence-corrected chi connectivity index (χ0v) is 12.8. The molecule has 1 rings (SSSR count). The normalized spacial score (nSPS) is 20.9. The number of hydrogen-bond donors (Lipinski definition) is 1. The van der Waals surface area contributed by atoms with E-state index in [1.165, 1.54) is 0 Å². The minimum atomic E-state index is 0. The van der Waals surface area contributed by atoms with Gasteiger partial charge in [-0.15, -0.1) is 12.4 Å². The van der Waals surface area contributed by atoms with Crippen LogP contribution in [-0.2, 0) is 9.53 Å². The number of ether oxygens (including phenoxy) is 1. The van der Waals surface area contributed by atoms with Gasteiger partial charge in [0.15, 0.2) is 0 Å². The smallest absolute Gasteiger partial charge is 0.226 e. The molecule has 1 fully saturated rings. The van der Waals surface area contributed by atoms with Crippen LogP contribution >= 0.6 is 12.4 Å². The SMILES string of the molecule is CNCC(C)C(=O)N1CCC(OCC(C)C)C1.Cl. The fourth-order valence-electron chi connectivity index (χ4n) is 2.10. The van der Waals surface area contributed by atoms with Crippen LogP contribution < -0.4 is 5.32 Å². The summed E-state index contributed by atoms with van der Waals surface area (Å²) < 4.78 is 5.77. The average molecular weight is 279 g/mol. The molecule has 0 bridgehead atoms. The van der Waals surface area contributed by atoms with E-state index in [-0.39, 0.29) is 30.3 Å². The number of rotatable bonds is 6. The van der Waals surface area contributed by atoms with Gasteiger partial charge in [-0.05, 0) is 19.4 Å². The summed E-state index contributed by atoms with van der Waals surface area (Å²) in [6.45, 7) is 9.40. The van der Waals surface area contributed by atoms with Crippen molar-refractivity contribution in [1.82, 2.24) is 10.2 Å². The molecule has 1 amide bonds. The number of carbonyl (C=O) groups is 1. The summed E-state index contributed by atoms with van der Waals surface area (Å²) in [6, 6.07) is 0. The molecule has 1 N–H and O–H groups in total. The molecule has 1 saturated heterocycles. The lowest BCUT2D eigenvalue weighted by atomic mass is 10.1. The predicted molar refractivity (Wildman–Crippen MR) is 76.1 cm³/mol. The van der Waals surface area contributed by atoms with E-state index >= 15 is 0 Å². The third kappa shape index (κ3) is 5.55. The first-order valence-electron chi connectivity index (χ1n) is 6.59. The number of nitrogens with one attached hydrogen (secondary N) is 1. The van der Waals surface area contributed by atoms with Crippen molar-refractivity contribution in [3.63, 3.8) is 0 Å². The lowest BCUT2D eigenvalue weighted by molar-refractivity contribution is -0.134. The third-order valence-corrected chi connectivity index (χ3v) is 3.05. The monoisotopic (exact) mass is 278 g/mol. The minimum absolute atomic E-state index is 0. The molecule has 4 nitrogen and oxygen atoms in total. The van der Waals surface area contributed by atoms with Gasteiger partial charge >= 0.3 is 0 Å². The summed E-state index contributed by atoms with van der Waals surface area (Å²) in [4.78, 5) is 14.0. The standard InChI is InChI=1S/C13H26N2O2.ClH/c1-10(2)9-17-12-5-6-15(8-12)13(16)11(3)7-14-4;/h10-12,14H,5-9H2,1-4H3;1H. The van der Waals surface area contributed by atoms with Crippen molar-refractivity contribution in [3.8, 4) is 0 Å². The summed E-state index contributed by atoms with van der Waals surface area (Å²) in [5.41, 5.74) is 0. The maximum absolute atomic E-state index is 12.0. The molecular formula is C13H27ClN2O2. The Kier molecular flexibility index (Phi) is 8.57. The summed E-state index contributed by atoms with van der Waals surface area (Å²) in [5, 5.41) is 3.04. The number of nitrogens with zero attached hydrogens (tertiary/aromatic N) is 1. The van der Waals surface area contributed by atoms with Crippen molar-refractivity contribution in [2.24, 2.45) is 11.8 Å². The third-order valence-electron chi connectivity index (χ3n) is 3.05. The number of likely N-dealkylation sites (tertiary alicyclic amines) is 1. The molecule has 0 aromatic rings. The van der Waals surface area contributed by atoms with Crippen LogP contribution in [0.25, 0.3) is 0 Å². The van der Waals surface area contributed by atoms with Crippen LogP contribution in [0.1, 0.15) is 27.2 Å². The van der Waals surface area contributed by atoms with Gasteiger partial charge in [0.1, 0.15) is 0 Å². The van der Waals surface area contributed by atoms with Crippen LogP contribution in [0.5, 0.6) is 0 Å². The Labute approximate surface area is 117 Å². The summed E-state index contributed by atoms with van der Waals surface area (Å²) >= 11 is 0. The van der Waals surface area contributed by atoms with Gasteiger partial charge in [0.25, 0.3) is 0 Å². The Morgan fingerprint density at radius 1 is 1.44 bits per heavy atom. The Hall–Kier alpha value is -0.320. The highest BCUT2D eigenvalue weighted by molar-refractivity contribution is 5.85. The molecule has 5 heteroatoms. The number of amides is 1. The first-order chi connectivity index (χ1) is 8.04. The van der Waals surface area contributed by atoms with E-state index < -0.39 is 0 Å². The second kappa shape index (κ2) is 8.73. The van der Waals surface area contributed by atoms with Crippen LogP contribution in [-0.4, -0.2) is 50.2 Å². The van der Waals surface area contributed by atoms with Crippen LogP contribution in [0.4, 0.5) is 0 Å². The maximum atomic E-state index is 12.0. The van der Waals surface area contributed by atoms with Gasteiger partial charge in [0.05, 0.1) is 6.10 Å². The Morgan fingerprint density at radius 3 is 2.67 bits per heavy atom. The van der Waals surface area contributed by atoms with Gasteiger partial charge in [-0.3, -0.25) is 4.79 Å². The zero-order valence-electron chi connectivity index (χ0n) is 11.9. The lowest BCUT2D eigenvalue weighted by Gasteiger charge is -2.21. The fraction of sp³-hybridized carbons (Fsp3) is 0.923. The predicted octanol–water partition coefficient (Wildman–Crippen LogP) is 1.54. The van der Waals surface area contributed by atoms with E-state index in [9.17, 15) is 4.79 Å². The van der Waals surface area contributed by atoms with Crippen LogP contribution in [0.15, 0.2) is 0 Å². The second-order valence-corrected chi connectivity index (χ2v) is 5.38. The van der Waals surface area contributed by atoms with E-state index in [0.29, 0.717) is 5.92 Å². The first-order valence-corrected chi connectivity index (χ1v) is 6.59. The fourth-order valence-corrected chi connectivity index (χ4v) is 2.10. The molecule has 1 heterocycles. The average Bonchev–Trinajstić information content (AvgIpc) is 2.74. The summed E-state index contributed by atoms with van der Waals surface area (Å²) in [5.74, 6) is 0.863. The molecule has 0 saturated carbocycles. The van der Waals surface area contributed by atoms with Gasteiger partial charge in [-0.2, -0.15) is 0 Å². The largest absolute Gasteiger partial charge is 0.376 e.